The molecule has 0 aliphatic rings. The van der Waals surface area contributed by atoms with Crippen molar-refractivity contribution in [3.8, 4) is 5.75 Å². The molecule has 0 aliphatic carbocycles. The summed E-state index contributed by atoms with van der Waals surface area (Å²) in [6.07, 6.45) is 0. The second-order valence-electron chi connectivity index (χ2n) is 6.08. The van der Waals surface area contributed by atoms with Gasteiger partial charge in [-0.3, -0.25) is 9.59 Å². The molecule has 1 aromatic carbocycles. The van der Waals surface area contributed by atoms with Crippen molar-refractivity contribution in [3.63, 3.8) is 0 Å². The second kappa shape index (κ2) is 9.01. The molecule has 0 saturated heterocycles. The van der Waals surface area contributed by atoms with Crippen LogP contribution >= 0.6 is 11.3 Å². The van der Waals surface area contributed by atoms with Crippen molar-refractivity contribution in [1.29, 1.82) is 0 Å². The molecule has 27 heavy (non-hydrogen) atoms. The van der Waals surface area contributed by atoms with Crippen LogP contribution in [0.2, 0.25) is 0 Å². The molecule has 0 saturated carbocycles. The summed E-state index contributed by atoms with van der Waals surface area (Å²) in [5.41, 5.74) is 0.494. The zero-order chi connectivity index (χ0) is 20.0. The Hall–Kier alpha value is -2.39. The molecule has 2 amide bonds. The third-order valence-electron chi connectivity index (χ3n) is 3.71. The van der Waals surface area contributed by atoms with Gasteiger partial charge in [0.25, 0.3) is 0 Å². The number of nitrogens with one attached hydrogen (secondary N) is 2. The highest BCUT2D eigenvalue weighted by atomic mass is 32.2. The summed E-state index contributed by atoms with van der Waals surface area (Å²) in [7, 11) is -2.23. The first kappa shape index (κ1) is 20.9. The number of ether oxygens (including phenoxy) is 1. The van der Waals surface area contributed by atoms with Crippen molar-refractivity contribution in [1.82, 2.24) is 10.6 Å². The monoisotopic (exact) mass is 410 g/mol. The van der Waals surface area contributed by atoms with Gasteiger partial charge >= 0.3 is 11.8 Å². The van der Waals surface area contributed by atoms with Crippen molar-refractivity contribution >= 4 is 33.0 Å². The summed E-state index contributed by atoms with van der Waals surface area (Å²) < 4.78 is 31.4. The molecule has 2 rings (SSSR count). The third kappa shape index (κ3) is 5.30. The standard InChI is InChI=1S/C18H22N2O5S2/c1-12(2)20-18(22)17(21)19-11-15(13-6-8-14(25-3)9-7-13)27(23,24)16-5-4-10-26-16/h4-10,12,15H,11H2,1-3H3,(H,19,21)(H,20,22)/t15-/m0/s1. The van der Waals surface area contributed by atoms with Gasteiger partial charge in [0.05, 0.1) is 7.11 Å². The van der Waals surface area contributed by atoms with Gasteiger partial charge in [-0.1, -0.05) is 18.2 Å². The average Bonchev–Trinajstić information content (AvgIpc) is 3.17. The predicted octanol–water partition coefficient (Wildman–Crippen LogP) is 1.91. The highest BCUT2D eigenvalue weighted by Gasteiger charge is 2.31. The molecule has 2 N–H and O–H groups in total. The summed E-state index contributed by atoms with van der Waals surface area (Å²) in [6, 6.07) is 9.54. The minimum Gasteiger partial charge on any atom is -0.497 e. The van der Waals surface area contributed by atoms with E-state index in [2.05, 4.69) is 10.6 Å². The molecular formula is C18H22N2O5S2. The van der Waals surface area contributed by atoms with Crippen molar-refractivity contribution in [2.45, 2.75) is 29.3 Å². The van der Waals surface area contributed by atoms with Crippen LogP contribution in [0.5, 0.6) is 5.75 Å². The summed E-state index contributed by atoms with van der Waals surface area (Å²) in [4.78, 5) is 23.8. The van der Waals surface area contributed by atoms with Crippen LogP contribution in [0.3, 0.4) is 0 Å². The molecule has 146 valence electrons. The Balaban J connectivity index is 2.27. The summed E-state index contributed by atoms with van der Waals surface area (Å²) in [6.45, 7) is 3.23. The molecule has 0 bridgehead atoms. The van der Waals surface area contributed by atoms with E-state index in [0.29, 0.717) is 11.3 Å². The van der Waals surface area contributed by atoms with Crippen molar-refractivity contribution in [2.24, 2.45) is 0 Å². The largest absolute Gasteiger partial charge is 0.497 e. The molecule has 0 spiro atoms. The second-order valence-corrected chi connectivity index (χ2v) is 9.38. The van der Waals surface area contributed by atoms with Gasteiger partial charge in [-0.2, -0.15) is 0 Å². The Bertz CT molecular complexity index is 875. The molecule has 1 heterocycles. The van der Waals surface area contributed by atoms with Gasteiger partial charge in [0.2, 0.25) is 0 Å². The van der Waals surface area contributed by atoms with Crippen molar-refractivity contribution < 1.29 is 22.7 Å². The number of hydrogen-bond acceptors (Lipinski definition) is 6. The van der Waals surface area contributed by atoms with Crippen LogP contribution in [0.4, 0.5) is 0 Å². The fourth-order valence-corrected chi connectivity index (χ4v) is 5.25. The molecule has 1 atom stereocenters. The molecule has 2 aromatic rings. The Morgan fingerprint density at radius 3 is 2.30 bits per heavy atom. The lowest BCUT2D eigenvalue weighted by Crippen LogP contribution is -2.44. The van der Waals surface area contributed by atoms with Crippen LogP contribution in [-0.2, 0) is 19.4 Å². The van der Waals surface area contributed by atoms with Gasteiger partial charge in [0.15, 0.2) is 9.84 Å². The first-order valence-electron chi connectivity index (χ1n) is 8.25. The minimum atomic E-state index is -3.74. The number of thiophene rings is 1. The van der Waals surface area contributed by atoms with Crippen molar-refractivity contribution in [2.75, 3.05) is 13.7 Å². The van der Waals surface area contributed by atoms with Crippen LogP contribution in [-0.4, -0.2) is 39.9 Å². The fourth-order valence-electron chi connectivity index (χ4n) is 2.38. The Labute approximate surface area is 162 Å². The molecule has 0 fully saturated rings. The third-order valence-corrected chi connectivity index (χ3v) is 7.24. The zero-order valence-electron chi connectivity index (χ0n) is 15.3. The lowest BCUT2D eigenvalue weighted by Gasteiger charge is -2.18. The van der Waals surface area contributed by atoms with Gasteiger partial charge in [0, 0.05) is 12.6 Å². The molecule has 0 unspecified atom stereocenters. The number of amides is 2. The highest BCUT2D eigenvalue weighted by molar-refractivity contribution is 7.93. The summed E-state index contributed by atoms with van der Waals surface area (Å²) >= 11 is 1.10. The Kier molecular flexibility index (Phi) is 6.98. The first-order chi connectivity index (χ1) is 12.8. The topological polar surface area (TPSA) is 102 Å². The molecule has 7 nitrogen and oxygen atoms in total. The van der Waals surface area contributed by atoms with E-state index in [0.717, 1.165) is 11.3 Å². The maximum Gasteiger partial charge on any atom is 0.309 e. The summed E-state index contributed by atoms with van der Waals surface area (Å²) in [5, 5.41) is 5.54. The van der Waals surface area contributed by atoms with Gasteiger partial charge in [-0.15, -0.1) is 11.3 Å². The number of methoxy groups -OCH3 is 1. The van der Waals surface area contributed by atoms with E-state index in [4.69, 9.17) is 4.74 Å². The molecule has 0 radical (unpaired) electrons. The van der Waals surface area contributed by atoms with Crippen LogP contribution in [0.15, 0.2) is 46.0 Å². The number of benzene rings is 1. The fraction of sp³-hybridized carbons (Fsp3) is 0.333. The van der Waals surface area contributed by atoms with Crippen LogP contribution in [0.25, 0.3) is 0 Å². The summed E-state index contributed by atoms with van der Waals surface area (Å²) in [5.74, 6) is -1.08. The predicted molar refractivity (Wildman–Crippen MR) is 104 cm³/mol. The number of hydrogen-bond donors (Lipinski definition) is 2. The smallest absolute Gasteiger partial charge is 0.309 e. The molecule has 1 aromatic heterocycles. The zero-order valence-corrected chi connectivity index (χ0v) is 16.9. The SMILES string of the molecule is COc1ccc([C@H](CNC(=O)C(=O)NC(C)C)S(=O)(=O)c2cccs2)cc1. The maximum atomic E-state index is 13.0. The van der Waals surface area contributed by atoms with Crippen molar-refractivity contribution in [3.05, 3.63) is 47.3 Å². The van der Waals surface area contributed by atoms with E-state index >= 15 is 0 Å². The highest BCUT2D eigenvalue weighted by Crippen LogP contribution is 2.32. The van der Waals surface area contributed by atoms with E-state index in [1.165, 1.54) is 13.2 Å². The Morgan fingerprint density at radius 2 is 1.78 bits per heavy atom. The van der Waals surface area contributed by atoms with E-state index in [-0.39, 0.29) is 16.8 Å². The normalized spacial score (nSPS) is 12.4. The van der Waals surface area contributed by atoms with Gasteiger partial charge in [0.1, 0.15) is 15.2 Å². The van der Waals surface area contributed by atoms with Gasteiger partial charge in [-0.25, -0.2) is 8.42 Å². The van der Waals surface area contributed by atoms with Gasteiger partial charge < -0.3 is 15.4 Å². The van der Waals surface area contributed by atoms with E-state index in [1.54, 1.807) is 49.6 Å². The van der Waals surface area contributed by atoms with E-state index in [1.807, 2.05) is 0 Å². The lowest BCUT2D eigenvalue weighted by molar-refractivity contribution is -0.139. The van der Waals surface area contributed by atoms with Crippen LogP contribution in [0, 0.1) is 0 Å². The number of sulfone groups is 1. The average molecular weight is 411 g/mol. The number of carbonyl (C=O) groups excluding carboxylic acids is 2. The van der Waals surface area contributed by atoms with Gasteiger partial charge in [-0.05, 0) is 43.0 Å². The van der Waals surface area contributed by atoms with Crippen LogP contribution < -0.4 is 15.4 Å². The molecule has 9 heteroatoms. The number of rotatable bonds is 7. The minimum absolute atomic E-state index is 0.198. The lowest BCUT2D eigenvalue weighted by atomic mass is 10.1. The van der Waals surface area contributed by atoms with E-state index in [9.17, 15) is 18.0 Å². The molecular weight excluding hydrogens is 388 g/mol. The quantitative estimate of drug-likeness (QED) is 0.679. The first-order valence-corrected chi connectivity index (χ1v) is 10.7. The van der Waals surface area contributed by atoms with Crippen LogP contribution in [0.1, 0.15) is 24.7 Å². The van der Waals surface area contributed by atoms with E-state index < -0.39 is 26.9 Å². The maximum absolute atomic E-state index is 13.0. The number of carbonyl (C=O) groups is 2. The molecule has 0 aliphatic heterocycles. The Morgan fingerprint density at radius 1 is 1.11 bits per heavy atom.